The number of piperazine rings is 1. The minimum Gasteiger partial charge on any atom is -0.478 e. The van der Waals surface area contributed by atoms with Crippen molar-refractivity contribution in [2.45, 2.75) is 6.54 Å². The molecule has 0 aliphatic carbocycles. The Morgan fingerprint density at radius 1 is 1.33 bits per heavy atom. The Balaban J connectivity index is 2.11. The monoisotopic (exact) mass is 249 g/mol. The molecule has 98 valence electrons. The fraction of sp³-hybridized carbons (Fsp3) is 0.462. The predicted molar refractivity (Wildman–Crippen MR) is 70.6 cm³/mol. The van der Waals surface area contributed by atoms with Crippen molar-refractivity contribution < 1.29 is 9.90 Å². The number of carbonyl (C=O) groups is 1. The van der Waals surface area contributed by atoms with Gasteiger partial charge in [0.15, 0.2) is 0 Å². The van der Waals surface area contributed by atoms with Crippen LogP contribution in [0.1, 0.15) is 15.9 Å². The van der Waals surface area contributed by atoms with E-state index in [9.17, 15) is 9.90 Å². The van der Waals surface area contributed by atoms with E-state index in [1.54, 1.807) is 6.07 Å². The Bertz CT molecular complexity index is 440. The van der Waals surface area contributed by atoms with Crippen LogP contribution in [0, 0.1) is 0 Å². The second-order valence-corrected chi connectivity index (χ2v) is 4.80. The van der Waals surface area contributed by atoms with Crippen LogP contribution >= 0.6 is 0 Å². The molecule has 0 bridgehead atoms. The van der Waals surface area contributed by atoms with Crippen LogP contribution in [-0.2, 0) is 6.54 Å². The van der Waals surface area contributed by atoms with Crippen molar-refractivity contribution in [1.82, 2.24) is 9.80 Å². The molecular formula is C13H19N3O2. The number of nitrogens with zero attached hydrogens (tertiary/aromatic N) is 2. The lowest BCUT2D eigenvalue weighted by molar-refractivity contribution is 0.0693. The average molecular weight is 249 g/mol. The van der Waals surface area contributed by atoms with E-state index in [0.29, 0.717) is 17.8 Å². The van der Waals surface area contributed by atoms with Gasteiger partial charge in [-0.25, -0.2) is 4.79 Å². The average Bonchev–Trinajstić information content (AvgIpc) is 2.34. The fourth-order valence-electron chi connectivity index (χ4n) is 2.18. The van der Waals surface area contributed by atoms with Crippen LogP contribution < -0.4 is 5.73 Å². The zero-order valence-electron chi connectivity index (χ0n) is 10.6. The molecule has 2 rings (SSSR count). The summed E-state index contributed by atoms with van der Waals surface area (Å²) in [5.74, 6) is -0.911. The number of hydrogen-bond donors (Lipinski definition) is 2. The van der Waals surface area contributed by atoms with Gasteiger partial charge in [0.05, 0.1) is 5.56 Å². The molecule has 5 heteroatoms. The molecule has 0 saturated carbocycles. The quantitative estimate of drug-likeness (QED) is 0.772. The van der Waals surface area contributed by atoms with Gasteiger partial charge in [-0.05, 0) is 24.7 Å². The maximum Gasteiger partial charge on any atom is 0.336 e. The molecular weight excluding hydrogens is 230 g/mol. The minimum atomic E-state index is -0.911. The summed E-state index contributed by atoms with van der Waals surface area (Å²) in [6, 6.07) is 5.11. The van der Waals surface area contributed by atoms with Crippen molar-refractivity contribution in [3.05, 3.63) is 29.3 Å². The van der Waals surface area contributed by atoms with Crippen molar-refractivity contribution in [2.24, 2.45) is 0 Å². The van der Waals surface area contributed by atoms with Gasteiger partial charge in [-0.3, -0.25) is 4.90 Å². The highest BCUT2D eigenvalue weighted by Gasteiger charge is 2.17. The van der Waals surface area contributed by atoms with Crippen molar-refractivity contribution in [1.29, 1.82) is 0 Å². The summed E-state index contributed by atoms with van der Waals surface area (Å²) < 4.78 is 0. The van der Waals surface area contributed by atoms with E-state index in [2.05, 4.69) is 16.8 Å². The highest BCUT2D eigenvalue weighted by Crippen LogP contribution is 2.16. The van der Waals surface area contributed by atoms with E-state index in [0.717, 1.165) is 31.7 Å². The first-order valence-corrected chi connectivity index (χ1v) is 6.09. The van der Waals surface area contributed by atoms with Gasteiger partial charge in [-0.2, -0.15) is 0 Å². The number of anilines is 1. The molecule has 3 N–H and O–H groups in total. The van der Waals surface area contributed by atoms with Crippen LogP contribution in [0.4, 0.5) is 5.69 Å². The van der Waals surface area contributed by atoms with Gasteiger partial charge in [-0.15, -0.1) is 0 Å². The second-order valence-electron chi connectivity index (χ2n) is 4.80. The Hall–Kier alpha value is -1.59. The van der Waals surface area contributed by atoms with Gasteiger partial charge in [-0.1, -0.05) is 6.07 Å². The second kappa shape index (κ2) is 5.37. The molecule has 0 atom stereocenters. The minimum absolute atomic E-state index is 0.314. The van der Waals surface area contributed by atoms with Gasteiger partial charge in [0.1, 0.15) is 0 Å². The zero-order valence-corrected chi connectivity index (χ0v) is 10.6. The molecule has 5 nitrogen and oxygen atoms in total. The number of carboxylic acids is 1. The summed E-state index contributed by atoms with van der Waals surface area (Å²) in [5.41, 5.74) is 7.28. The van der Waals surface area contributed by atoms with E-state index < -0.39 is 5.97 Å². The lowest BCUT2D eigenvalue weighted by Crippen LogP contribution is -2.44. The first kappa shape index (κ1) is 12.9. The van der Waals surface area contributed by atoms with Crippen molar-refractivity contribution in [2.75, 3.05) is 39.0 Å². The third-order valence-corrected chi connectivity index (χ3v) is 3.35. The van der Waals surface area contributed by atoms with E-state index in [4.69, 9.17) is 5.73 Å². The SMILES string of the molecule is CN1CCN(Cc2ccc(N)cc2C(=O)O)CC1. The third kappa shape index (κ3) is 3.00. The van der Waals surface area contributed by atoms with Crippen molar-refractivity contribution >= 4 is 11.7 Å². The number of nitrogen functional groups attached to an aromatic ring is 1. The van der Waals surface area contributed by atoms with E-state index in [1.165, 1.54) is 6.07 Å². The Labute approximate surface area is 107 Å². The lowest BCUT2D eigenvalue weighted by Gasteiger charge is -2.32. The Kier molecular flexibility index (Phi) is 3.84. The molecule has 1 aliphatic rings. The Morgan fingerprint density at radius 2 is 2.00 bits per heavy atom. The van der Waals surface area contributed by atoms with E-state index >= 15 is 0 Å². The van der Waals surface area contributed by atoms with Gasteiger partial charge in [0, 0.05) is 38.4 Å². The third-order valence-electron chi connectivity index (χ3n) is 3.35. The largest absolute Gasteiger partial charge is 0.478 e. The summed E-state index contributed by atoms with van der Waals surface area (Å²) >= 11 is 0. The molecule has 0 spiro atoms. The topological polar surface area (TPSA) is 69.8 Å². The Morgan fingerprint density at radius 3 is 2.61 bits per heavy atom. The number of rotatable bonds is 3. The highest BCUT2D eigenvalue weighted by atomic mass is 16.4. The number of aromatic carboxylic acids is 1. The molecule has 1 aliphatic heterocycles. The first-order chi connectivity index (χ1) is 8.56. The van der Waals surface area contributed by atoms with Crippen LogP contribution in [0.3, 0.4) is 0 Å². The number of carboxylic acid groups (broad SMARTS) is 1. The van der Waals surface area contributed by atoms with Gasteiger partial charge >= 0.3 is 5.97 Å². The number of likely N-dealkylation sites (N-methyl/N-ethyl adjacent to an activating group) is 1. The molecule has 0 radical (unpaired) electrons. The summed E-state index contributed by atoms with van der Waals surface area (Å²) in [5, 5.41) is 9.18. The van der Waals surface area contributed by atoms with Crippen molar-refractivity contribution in [3.8, 4) is 0 Å². The van der Waals surface area contributed by atoms with Gasteiger partial charge in [0.25, 0.3) is 0 Å². The summed E-state index contributed by atoms with van der Waals surface area (Å²) in [6.07, 6.45) is 0. The first-order valence-electron chi connectivity index (χ1n) is 6.09. The standard InChI is InChI=1S/C13H19N3O2/c1-15-4-6-16(7-5-15)9-10-2-3-11(14)8-12(10)13(17)18/h2-3,8H,4-7,9,14H2,1H3,(H,17,18). The predicted octanol–water partition coefficient (Wildman–Crippen LogP) is 0.714. The molecule has 0 unspecified atom stereocenters. The molecule has 1 aromatic rings. The molecule has 1 saturated heterocycles. The number of hydrogen-bond acceptors (Lipinski definition) is 4. The molecule has 18 heavy (non-hydrogen) atoms. The van der Waals surface area contributed by atoms with E-state index in [1.807, 2.05) is 6.07 Å². The van der Waals surface area contributed by atoms with Gasteiger partial charge in [0.2, 0.25) is 0 Å². The van der Waals surface area contributed by atoms with Gasteiger partial charge < -0.3 is 15.7 Å². The molecule has 1 aromatic carbocycles. The van der Waals surface area contributed by atoms with Crippen LogP contribution in [0.15, 0.2) is 18.2 Å². The summed E-state index contributed by atoms with van der Waals surface area (Å²) in [4.78, 5) is 15.7. The highest BCUT2D eigenvalue weighted by molar-refractivity contribution is 5.90. The molecule has 0 amide bonds. The van der Waals surface area contributed by atoms with Crippen LogP contribution in [0.25, 0.3) is 0 Å². The van der Waals surface area contributed by atoms with Crippen LogP contribution in [-0.4, -0.2) is 54.1 Å². The van der Waals surface area contributed by atoms with E-state index in [-0.39, 0.29) is 0 Å². The molecule has 1 fully saturated rings. The van der Waals surface area contributed by atoms with Crippen LogP contribution in [0.5, 0.6) is 0 Å². The zero-order chi connectivity index (χ0) is 13.1. The molecule has 0 aromatic heterocycles. The normalized spacial score (nSPS) is 17.8. The van der Waals surface area contributed by atoms with Crippen molar-refractivity contribution in [3.63, 3.8) is 0 Å². The summed E-state index contributed by atoms with van der Waals surface area (Å²) in [7, 11) is 2.10. The maximum atomic E-state index is 11.2. The fourth-order valence-corrected chi connectivity index (χ4v) is 2.18. The smallest absolute Gasteiger partial charge is 0.336 e. The maximum absolute atomic E-state index is 11.2. The lowest BCUT2D eigenvalue weighted by atomic mass is 10.1. The number of nitrogens with two attached hydrogens (primary N) is 1. The molecule has 1 heterocycles. The summed E-state index contributed by atoms with van der Waals surface area (Å²) in [6.45, 7) is 4.67. The number of benzene rings is 1. The van der Waals surface area contributed by atoms with Crippen LogP contribution in [0.2, 0.25) is 0 Å².